The average Bonchev–Trinajstić information content (AvgIpc) is 2.78. The van der Waals surface area contributed by atoms with Gasteiger partial charge in [-0.25, -0.2) is 23.0 Å². The lowest BCUT2D eigenvalue weighted by Gasteiger charge is -2.35. The Morgan fingerprint density at radius 1 is 1.11 bits per heavy atom. The van der Waals surface area contributed by atoms with Gasteiger partial charge in [0.15, 0.2) is 0 Å². The van der Waals surface area contributed by atoms with Crippen LogP contribution in [0, 0.1) is 20.8 Å². The number of hydrogen-bond acceptors (Lipinski definition) is 7. The molecule has 0 bridgehead atoms. The third kappa shape index (κ3) is 8.07. The van der Waals surface area contributed by atoms with Crippen LogP contribution in [0.5, 0.6) is 5.75 Å². The molecule has 0 unspecified atom stereocenters. The molecule has 2 amide bonds. The maximum Gasteiger partial charge on any atom is 0.408 e. The van der Waals surface area contributed by atoms with Crippen molar-refractivity contribution >= 4 is 22.0 Å². The third-order valence-electron chi connectivity index (χ3n) is 6.72. The summed E-state index contributed by atoms with van der Waals surface area (Å²) in [6, 6.07) is -0.872. The molecular weight excluding hydrogens is 510 g/mol. The van der Waals surface area contributed by atoms with Crippen LogP contribution in [0.4, 0.5) is 4.79 Å². The molecule has 0 radical (unpaired) electrons. The van der Waals surface area contributed by atoms with E-state index in [4.69, 9.17) is 14.3 Å². The number of carbonyl (C=O) groups excluding carboxylic acids is 2. The Morgan fingerprint density at radius 3 is 2.32 bits per heavy atom. The Balaban J connectivity index is 2.07. The first-order valence-electron chi connectivity index (χ1n) is 13.0. The van der Waals surface area contributed by atoms with E-state index >= 15 is 0 Å². The first-order chi connectivity index (χ1) is 17.4. The van der Waals surface area contributed by atoms with Crippen molar-refractivity contribution in [2.45, 2.75) is 110 Å². The van der Waals surface area contributed by atoms with E-state index in [2.05, 4.69) is 10.0 Å². The molecule has 1 aromatic rings. The summed E-state index contributed by atoms with van der Waals surface area (Å²) in [5.74, 6) is 0.365. The van der Waals surface area contributed by atoms with Crippen molar-refractivity contribution in [2.24, 2.45) is 0 Å². The van der Waals surface area contributed by atoms with E-state index in [0.717, 1.165) is 40.3 Å². The fraction of sp³-hybridized carbons (Fsp3) is 0.704. The summed E-state index contributed by atoms with van der Waals surface area (Å²) >= 11 is 0. The number of ether oxygens (including phenoxy) is 2. The van der Waals surface area contributed by atoms with Crippen LogP contribution in [0.15, 0.2) is 4.90 Å². The van der Waals surface area contributed by atoms with Crippen LogP contribution < -0.4 is 14.8 Å². The topological polar surface area (TPSA) is 123 Å². The number of sulfonamides is 1. The third-order valence-corrected chi connectivity index (χ3v) is 8.45. The van der Waals surface area contributed by atoms with Crippen molar-refractivity contribution in [1.29, 1.82) is 0 Å². The zero-order valence-electron chi connectivity index (χ0n) is 24.5. The molecule has 0 aliphatic carbocycles. The minimum absolute atomic E-state index is 0.189. The highest BCUT2D eigenvalue weighted by Crippen LogP contribution is 2.42. The molecule has 1 aliphatic heterocycles. The molecular formula is C27H45N3O7S. The van der Waals surface area contributed by atoms with Gasteiger partial charge in [0.1, 0.15) is 23.0 Å². The smallest absolute Gasteiger partial charge is 0.408 e. The van der Waals surface area contributed by atoms with E-state index in [1.807, 2.05) is 34.6 Å². The van der Waals surface area contributed by atoms with Crippen LogP contribution in [0.2, 0.25) is 0 Å². The number of alkyl carbamates (subject to hydrolysis) is 1. The molecule has 38 heavy (non-hydrogen) atoms. The molecule has 2 N–H and O–H groups in total. The van der Waals surface area contributed by atoms with Crippen molar-refractivity contribution in [3.05, 3.63) is 22.3 Å². The first-order valence-corrected chi connectivity index (χ1v) is 14.5. The van der Waals surface area contributed by atoms with Gasteiger partial charge >= 0.3 is 6.09 Å². The predicted molar refractivity (Wildman–Crippen MR) is 146 cm³/mol. The van der Waals surface area contributed by atoms with Crippen molar-refractivity contribution in [3.63, 3.8) is 0 Å². The number of unbranched alkanes of at least 4 members (excludes halogenated alkanes) is 1. The summed E-state index contributed by atoms with van der Waals surface area (Å²) in [5.41, 5.74) is 2.20. The van der Waals surface area contributed by atoms with Gasteiger partial charge in [-0.3, -0.25) is 9.63 Å². The standard InChI is InChI=1S/C27H45N3O7S/c1-17-18(2)23(19(3)20-14-15-27(7,8)36-22(17)20)38(33,34)28-16-12-11-13-21(24(31)30(9)35-10)29-25(32)37-26(4,5)6/h21,28H,11-16H2,1-10H3,(H,29,32)/t21-/m0/s1. The molecule has 216 valence electrons. The highest BCUT2D eigenvalue weighted by Gasteiger charge is 2.33. The van der Waals surface area contributed by atoms with E-state index in [0.29, 0.717) is 23.3 Å². The molecule has 0 saturated heterocycles. The van der Waals surface area contributed by atoms with E-state index < -0.39 is 33.7 Å². The Kier molecular flexibility index (Phi) is 10.2. The molecule has 1 heterocycles. The van der Waals surface area contributed by atoms with Gasteiger partial charge in [0, 0.05) is 13.6 Å². The Hall–Kier alpha value is -2.37. The summed E-state index contributed by atoms with van der Waals surface area (Å²) in [6.07, 6.45) is 2.10. The lowest BCUT2D eigenvalue weighted by molar-refractivity contribution is -0.171. The summed E-state index contributed by atoms with van der Waals surface area (Å²) in [6.45, 7) is 15.0. The number of fused-ring (bicyclic) bond motifs is 1. The second kappa shape index (κ2) is 12.2. The predicted octanol–water partition coefficient (Wildman–Crippen LogP) is 4.08. The SMILES string of the molecule is CON(C)C(=O)[C@H](CCCCNS(=O)(=O)c1c(C)c(C)c2c(c1C)CCC(C)(C)O2)NC(=O)OC(C)(C)C. The molecule has 0 aromatic heterocycles. The van der Waals surface area contributed by atoms with Crippen LogP contribution in [0.25, 0.3) is 0 Å². The lowest BCUT2D eigenvalue weighted by atomic mass is 9.88. The monoisotopic (exact) mass is 555 g/mol. The van der Waals surface area contributed by atoms with E-state index in [1.54, 1.807) is 20.8 Å². The Morgan fingerprint density at radius 2 is 1.74 bits per heavy atom. The number of rotatable bonds is 10. The summed E-state index contributed by atoms with van der Waals surface area (Å²) in [5, 5.41) is 3.64. The normalized spacial score (nSPS) is 15.7. The van der Waals surface area contributed by atoms with Crippen LogP contribution >= 0.6 is 0 Å². The fourth-order valence-corrected chi connectivity index (χ4v) is 6.16. The highest BCUT2D eigenvalue weighted by atomic mass is 32.2. The quantitative estimate of drug-likeness (QED) is 0.329. The second-order valence-corrected chi connectivity index (χ2v) is 13.2. The largest absolute Gasteiger partial charge is 0.487 e. The number of amides is 2. The number of likely N-dealkylation sites (N-methyl/N-ethyl adjacent to an activating group) is 1. The summed E-state index contributed by atoms with van der Waals surface area (Å²) < 4.78 is 40.9. The molecule has 0 saturated carbocycles. The molecule has 0 fully saturated rings. The van der Waals surface area contributed by atoms with Crippen LogP contribution in [-0.2, 0) is 30.8 Å². The van der Waals surface area contributed by atoms with Crippen molar-refractivity contribution in [1.82, 2.24) is 15.1 Å². The number of benzene rings is 1. The molecule has 1 atom stereocenters. The summed E-state index contributed by atoms with van der Waals surface area (Å²) in [4.78, 5) is 30.2. The van der Waals surface area contributed by atoms with Gasteiger partial charge in [0.2, 0.25) is 10.0 Å². The van der Waals surface area contributed by atoms with Gasteiger partial charge in [-0.15, -0.1) is 0 Å². The van der Waals surface area contributed by atoms with Gasteiger partial charge in [-0.2, -0.15) is 0 Å². The lowest BCUT2D eigenvalue weighted by Crippen LogP contribution is -2.48. The van der Waals surface area contributed by atoms with Crippen LogP contribution in [0.1, 0.15) is 82.6 Å². The minimum atomic E-state index is -3.77. The minimum Gasteiger partial charge on any atom is -0.487 e. The number of carbonyl (C=O) groups is 2. The molecule has 10 nitrogen and oxygen atoms in total. The molecule has 1 aromatic carbocycles. The summed E-state index contributed by atoms with van der Waals surface area (Å²) in [7, 11) is -0.957. The van der Waals surface area contributed by atoms with Crippen LogP contribution in [-0.4, -0.2) is 63.4 Å². The zero-order valence-corrected chi connectivity index (χ0v) is 25.3. The molecule has 0 spiro atoms. The van der Waals surface area contributed by atoms with Gasteiger partial charge in [0.05, 0.1) is 12.0 Å². The van der Waals surface area contributed by atoms with Crippen molar-refractivity contribution in [3.8, 4) is 5.75 Å². The average molecular weight is 556 g/mol. The first kappa shape index (κ1) is 31.8. The van der Waals surface area contributed by atoms with Gasteiger partial charge < -0.3 is 14.8 Å². The number of nitrogens with one attached hydrogen (secondary N) is 2. The van der Waals surface area contributed by atoms with E-state index in [1.165, 1.54) is 14.2 Å². The van der Waals surface area contributed by atoms with Crippen LogP contribution in [0.3, 0.4) is 0 Å². The fourth-order valence-electron chi connectivity index (χ4n) is 4.52. The zero-order chi connectivity index (χ0) is 29.1. The number of nitrogens with zero attached hydrogens (tertiary/aromatic N) is 1. The Labute approximate surface area is 227 Å². The maximum atomic E-state index is 13.3. The highest BCUT2D eigenvalue weighted by molar-refractivity contribution is 7.89. The Bertz CT molecular complexity index is 1140. The molecule has 1 aliphatic rings. The molecule has 2 rings (SSSR count). The number of hydrogen-bond donors (Lipinski definition) is 2. The van der Waals surface area contributed by atoms with Crippen molar-refractivity contribution < 1.29 is 32.3 Å². The van der Waals surface area contributed by atoms with E-state index in [9.17, 15) is 18.0 Å². The molecule has 11 heteroatoms. The van der Waals surface area contributed by atoms with Gasteiger partial charge in [-0.05, 0) is 110 Å². The van der Waals surface area contributed by atoms with Crippen molar-refractivity contribution in [2.75, 3.05) is 20.7 Å². The second-order valence-electron chi connectivity index (χ2n) is 11.5. The van der Waals surface area contributed by atoms with E-state index in [-0.39, 0.29) is 18.6 Å². The maximum absolute atomic E-state index is 13.3. The number of hydroxylamine groups is 2. The van der Waals surface area contributed by atoms with Gasteiger partial charge in [-0.1, -0.05) is 0 Å². The van der Waals surface area contributed by atoms with Gasteiger partial charge in [0.25, 0.3) is 5.91 Å².